The van der Waals surface area contributed by atoms with Crippen LogP contribution in [0.25, 0.3) is 0 Å². The van der Waals surface area contributed by atoms with Gasteiger partial charge in [0, 0.05) is 5.69 Å². The number of hydrogen-bond acceptors (Lipinski definition) is 2. The van der Waals surface area contributed by atoms with Crippen LogP contribution in [0.15, 0.2) is 36.4 Å². The number of nitrogens with one attached hydrogen (secondary N) is 1. The molecule has 1 aromatic carbocycles. The number of allylic oxidation sites excluding steroid dienone is 2. The predicted molar refractivity (Wildman–Crippen MR) is 79.8 cm³/mol. The van der Waals surface area contributed by atoms with E-state index >= 15 is 0 Å². The van der Waals surface area contributed by atoms with E-state index in [0.717, 1.165) is 24.1 Å². The maximum absolute atomic E-state index is 12.6. The second kappa shape index (κ2) is 5.35. The maximum atomic E-state index is 12.6. The van der Waals surface area contributed by atoms with Crippen LogP contribution in [0, 0.1) is 30.6 Å². The van der Waals surface area contributed by atoms with E-state index < -0.39 is 17.8 Å². The number of aliphatic carboxylic acids is 1. The van der Waals surface area contributed by atoms with Crippen molar-refractivity contribution in [3.05, 3.63) is 42.0 Å². The van der Waals surface area contributed by atoms with Gasteiger partial charge in [0.1, 0.15) is 0 Å². The molecule has 1 saturated carbocycles. The molecule has 3 aliphatic carbocycles. The summed E-state index contributed by atoms with van der Waals surface area (Å²) in [5, 5.41) is 12.4. The highest BCUT2D eigenvalue weighted by Crippen LogP contribution is 2.45. The average molecular weight is 285 g/mol. The van der Waals surface area contributed by atoms with Gasteiger partial charge in [0.05, 0.1) is 11.8 Å². The number of carbonyl (C=O) groups excluding carboxylic acids is 1. The highest BCUT2D eigenvalue weighted by molar-refractivity contribution is 5.96. The van der Waals surface area contributed by atoms with E-state index in [1.807, 2.05) is 43.3 Å². The summed E-state index contributed by atoms with van der Waals surface area (Å²) in [5.74, 6) is -2.07. The third-order valence-electron chi connectivity index (χ3n) is 4.62. The number of carboxylic acid groups (broad SMARTS) is 1. The Labute approximate surface area is 123 Å². The molecule has 1 aromatic rings. The molecule has 4 nitrogen and oxygen atoms in total. The van der Waals surface area contributed by atoms with Crippen LogP contribution in [0.5, 0.6) is 0 Å². The summed E-state index contributed by atoms with van der Waals surface area (Å²) in [5.41, 5.74) is 1.79. The van der Waals surface area contributed by atoms with E-state index in [1.54, 1.807) is 0 Å². The van der Waals surface area contributed by atoms with Crippen LogP contribution >= 0.6 is 0 Å². The summed E-state index contributed by atoms with van der Waals surface area (Å²) in [6.07, 6.45) is 5.76. The zero-order valence-corrected chi connectivity index (χ0v) is 12.0. The molecule has 21 heavy (non-hydrogen) atoms. The molecular formula is C17H19NO3. The number of anilines is 1. The van der Waals surface area contributed by atoms with Crippen LogP contribution in [0.4, 0.5) is 5.69 Å². The molecule has 110 valence electrons. The maximum Gasteiger partial charge on any atom is 0.307 e. The van der Waals surface area contributed by atoms with Gasteiger partial charge in [-0.15, -0.1) is 0 Å². The first kappa shape index (κ1) is 13.9. The summed E-state index contributed by atoms with van der Waals surface area (Å²) in [6, 6.07) is 7.57. The van der Waals surface area contributed by atoms with Crippen LogP contribution in [-0.4, -0.2) is 17.0 Å². The topological polar surface area (TPSA) is 66.4 Å². The molecule has 1 amide bonds. The fourth-order valence-corrected chi connectivity index (χ4v) is 3.64. The van der Waals surface area contributed by atoms with Gasteiger partial charge in [-0.3, -0.25) is 9.59 Å². The van der Waals surface area contributed by atoms with Gasteiger partial charge in [-0.1, -0.05) is 24.3 Å². The molecule has 2 N–H and O–H groups in total. The quantitative estimate of drug-likeness (QED) is 0.839. The van der Waals surface area contributed by atoms with Gasteiger partial charge in [-0.25, -0.2) is 0 Å². The summed E-state index contributed by atoms with van der Waals surface area (Å²) in [6.45, 7) is 1.96. The largest absolute Gasteiger partial charge is 0.481 e. The Hall–Kier alpha value is -2.10. The van der Waals surface area contributed by atoms with Crippen molar-refractivity contribution in [2.45, 2.75) is 19.8 Å². The van der Waals surface area contributed by atoms with Crippen LogP contribution in [0.3, 0.4) is 0 Å². The Morgan fingerprint density at radius 3 is 2.38 bits per heavy atom. The van der Waals surface area contributed by atoms with E-state index in [1.165, 1.54) is 0 Å². The minimum absolute atomic E-state index is 0.0132. The zero-order valence-electron chi connectivity index (χ0n) is 12.0. The minimum atomic E-state index is -0.863. The van der Waals surface area contributed by atoms with Gasteiger partial charge in [0.2, 0.25) is 5.91 Å². The lowest BCUT2D eigenvalue weighted by molar-refractivity contribution is -0.151. The van der Waals surface area contributed by atoms with Crippen molar-refractivity contribution in [1.29, 1.82) is 0 Å². The van der Waals surface area contributed by atoms with Gasteiger partial charge in [0.15, 0.2) is 0 Å². The first-order chi connectivity index (χ1) is 10.1. The summed E-state index contributed by atoms with van der Waals surface area (Å²) >= 11 is 0. The molecule has 3 aliphatic rings. The lowest BCUT2D eigenvalue weighted by atomic mass is 9.62. The fourth-order valence-electron chi connectivity index (χ4n) is 3.64. The number of carboxylic acids is 1. The van der Waals surface area contributed by atoms with Crippen LogP contribution in [0.2, 0.25) is 0 Å². The normalized spacial score (nSPS) is 30.1. The Morgan fingerprint density at radius 1 is 1.14 bits per heavy atom. The highest BCUT2D eigenvalue weighted by atomic mass is 16.4. The Bertz CT molecular complexity index is 608. The first-order valence-electron chi connectivity index (χ1n) is 7.35. The smallest absolute Gasteiger partial charge is 0.307 e. The van der Waals surface area contributed by atoms with Gasteiger partial charge >= 0.3 is 5.97 Å². The molecule has 0 aliphatic heterocycles. The van der Waals surface area contributed by atoms with E-state index in [2.05, 4.69) is 5.32 Å². The monoisotopic (exact) mass is 285 g/mol. The molecule has 4 unspecified atom stereocenters. The minimum Gasteiger partial charge on any atom is -0.481 e. The Balaban J connectivity index is 1.83. The fraction of sp³-hybridized carbons (Fsp3) is 0.412. The lowest BCUT2D eigenvalue weighted by Gasteiger charge is -2.41. The molecule has 0 aromatic heterocycles. The molecule has 1 fully saturated rings. The molecule has 4 heteroatoms. The van der Waals surface area contributed by atoms with Gasteiger partial charge in [0.25, 0.3) is 0 Å². The van der Waals surface area contributed by atoms with E-state index in [4.69, 9.17) is 0 Å². The van der Waals surface area contributed by atoms with E-state index in [-0.39, 0.29) is 17.7 Å². The van der Waals surface area contributed by atoms with E-state index in [0.29, 0.717) is 0 Å². The average Bonchev–Trinajstić information content (AvgIpc) is 2.47. The van der Waals surface area contributed by atoms with Crippen molar-refractivity contribution in [2.24, 2.45) is 23.7 Å². The van der Waals surface area contributed by atoms with Crippen molar-refractivity contribution < 1.29 is 14.7 Å². The lowest BCUT2D eigenvalue weighted by Crippen LogP contribution is -2.47. The van der Waals surface area contributed by atoms with Gasteiger partial charge in [-0.05, 0) is 49.3 Å². The summed E-state index contributed by atoms with van der Waals surface area (Å²) in [7, 11) is 0. The molecule has 0 saturated heterocycles. The van der Waals surface area contributed by atoms with Gasteiger partial charge in [-0.2, -0.15) is 0 Å². The Kier molecular flexibility index (Phi) is 3.53. The standard InChI is InChI=1S/C17H19NO3/c1-10-3-2-4-13(9-10)18-16(19)14-11-5-7-12(8-6-11)15(14)17(20)21/h2-5,7,9,11-12,14-15H,6,8H2,1H3,(H,18,19)(H,20,21). The van der Waals surface area contributed by atoms with Crippen LogP contribution in [0.1, 0.15) is 18.4 Å². The van der Waals surface area contributed by atoms with E-state index in [9.17, 15) is 14.7 Å². The number of hydrogen-bond donors (Lipinski definition) is 2. The second-order valence-electron chi connectivity index (χ2n) is 6.04. The molecule has 4 atom stereocenters. The SMILES string of the molecule is Cc1cccc(NC(=O)C2C3C=CC(CC3)C2C(=O)O)c1. The van der Waals surface area contributed by atoms with Gasteiger partial charge < -0.3 is 10.4 Å². The highest BCUT2D eigenvalue weighted by Gasteiger charge is 2.48. The Morgan fingerprint density at radius 2 is 1.81 bits per heavy atom. The molecular weight excluding hydrogens is 266 g/mol. The first-order valence-corrected chi connectivity index (χ1v) is 7.35. The predicted octanol–water partition coefficient (Wildman–Crippen LogP) is 2.85. The molecule has 2 bridgehead atoms. The summed E-state index contributed by atoms with van der Waals surface area (Å²) < 4.78 is 0. The number of rotatable bonds is 3. The second-order valence-corrected chi connectivity index (χ2v) is 6.04. The number of carbonyl (C=O) groups is 2. The van der Waals surface area contributed by atoms with Crippen molar-refractivity contribution in [3.8, 4) is 0 Å². The number of benzene rings is 1. The zero-order chi connectivity index (χ0) is 15.0. The van der Waals surface area contributed by atoms with Crippen molar-refractivity contribution in [2.75, 3.05) is 5.32 Å². The molecule has 0 radical (unpaired) electrons. The van der Waals surface area contributed by atoms with Crippen LogP contribution < -0.4 is 5.32 Å². The number of aryl methyl sites for hydroxylation is 1. The molecule has 0 spiro atoms. The van der Waals surface area contributed by atoms with Crippen LogP contribution in [-0.2, 0) is 9.59 Å². The summed E-state index contributed by atoms with van der Waals surface area (Å²) in [4.78, 5) is 24.1. The number of fused-ring (bicyclic) bond motifs is 2. The van der Waals surface area contributed by atoms with Crippen molar-refractivity contribution in [3.63, 3.8) is 0 Å². The molecule has 0 heterocycles. The van der Waals surface area contributed by atoms with Crippen molar-refractivity contribution >= 4 is 17.6 Å². The third-order valence-corrected chi connectivity index (χ3v) is 4.62. The third kappa shape index (κ3) is 2.58. The van der Waals surface area contributed by atoms with Crippen molar-refractivity contribution in [1.82, 2.24) is 0 Å². The molecule has 4 rings (SSSR count). The number of amides is 1.